The molecule has 1 heterocycles. The molecular formula is C16H23BrClN3. The zero-order valence-electron chi connectivity index (χ0n) is 12.9. The number of fused-ring (bicyclic) bond motifs is 1. The first-order valence-corrected chi connectivity index (χ1v) is 8.81. The van der Waals surface area contributed by atoms with E-state index in [2.05, 4.69) is 57.4 Å². The topological polar surface area (TPSA) is 21.1 Å². The number of imidazole rings is 1. The Morgan fingerprint density at radius 1 is 1.33 bits per heavy atom. The van der Waals surface area contributed by atoms with Gasteiger partial charge in [-0.3, -0.25) is 0 Å². The average Bonchev–Trinajstić information content (AvgIpc) is 2.81. The third-order valence-electron chi connectivity index (χ3n) is 3.85. The largest absolute Gasteiger partial charge is 0.327 e. The van der Waals surface area contributed by atoms with Crippen molar-refractivity contribution in [3.8, 4) is 0 Å². The lowest BCUT2D eigenvalue weighted by Crippen LogP contribution is -2.25. The van der Waals surface area contributed by atoms with Gasteiger partial charge in [0.2, 0.25) is 0 Å². The Kier molecular flexibility index (Phi) is 6.08. The van der Waals surface area contributed by atoms with Gasteiger partial charge in [0, 0.05) is 11.0 Å². The van der Waals surface area contributed by atoms with E-state index in [0.717, 1.165) is 48.4 Å². The van der Waals surface area contributed by atoms with E-state index < -0.39 is 0 Å². The minimum absolute atomic E-state index is 0.0790. The Balaban J connectivity index is 2.22. The first kappa shape index (κ1) is 16.8. The van der Waals surface area contributed by atoms with E-state index in [4.69, 9.17) is 16.6 Å². The molecule has 2 rings (SSSR count). The summed E-state index contributed by atoms with van der Waals surface area (Å²) in [6.07, 6.45) is 1.11. The molecule has 0 bridgehead atoms. The molecule has 0 saturated heterocycles. The minimum atomic E-state index is -0.0790. The molecule has 5 heteroatoms. The number of aryl methyl sites for hydroxylation is 1. The van der Waals surface area contributed by atoms with Gasteiger partial charge in [0.05, 0.1) is 16.4 Å². The molecule has 116 valence electrons. The zero-order chi connectivity index (χ0) is 15.4. The van der Waals surface area contributed by atoms with Crippen molar-refractivity contribution in [2.24, 2.45) is 0 Å². The molecule has 0 N–H and O–H groups in total. The summed E-state index contributed by atoms with van der Waals surface area (Å²) in [7, 11) is 0. The van der Waals surface area contributed by atoms with Crippen molar-refractivity contribution in [1.29, 1.82) is 0 Å². The molecule has 0 aliphatic rings. The molecule has 1 unspecified atom stereocenters. The van der Waals surface area contributed by atoms with Crippen LogP contribution in [0.5, 0.6) is 0 Å². The molecule has 3 nitrogen and oxygen atoms in total. The van der Waals surface area contributed by atoms with Crippen molar-refractivity contribution in [2.45, 2.75) is 39.1 Å². The van der Waals surface area contributed by atoms with Crippen LogP contribution in [0.25, 0.3) is 11.0 Å². The van der Waals surface area contributed by atoms with Gasteiger partial charge >= 0.3 is 0 Å². The molecule has 0 radical (unpaired) electrons. The Labute approximate surface area is 140 Å². The summed E-state index contributed by atoms with van der Waals surface area (Å²) >= 11 is 9.81. The van der Waals surface area contributed by atoms with Gasteiger partial charge in [-0.25, -0.2) is 4.98 Å². The van der Waals surface area contributed by atoms with Crippen molar-refractivity contribution in [3.63, 3.8) is 0 Å². The van der Waals surface area contributed by atoms with Crippen LogP contribution in [0.4, 0.5) is 0 Å². The molecule has 2 aromatic rings. The van der Waals surface area contributed by atoms with Crippen LogP contribution in [0.1, 0.15) is 38.4 Å². The van der Waals surface area contributed by atoms with Gasteiger partial charge in [0.25, 0.3) is 0 Å². The van der Waals surface area contributed by atoms with Gasteiger partial charge in [0.1, 0.15) is 5.82 Å². The molecule has 1 aromatic heterocycles. The third kappa shape index (κ3) is 3.99. The maximum Gasteiger partial charge on any atom is 0.127 e. The van der Waals surface area contributed by atoms with Gasteiger partial charge in [-0.05, 0) is 51.2 Å². The summed E-state index contributed by atoms with van der Waals surface area (Å²) in [5, 5.41) is -0.0790. The van der Waals surface area contributed by atoms with Gasteiger partial charge in [-0.1, -0.05) is 29.8 Å². The average molecular weight is 373 g/mol. The second-order valence-corrected chi connectivity index (χ2v) is 6.82. The van der Waals surface area contributed by atoms with Crippen LogP contribution >= 0.6 is 27.5 Å². The highest BCUT2D eigenvalue weighted by Gasteiger charge is 2.15. The lowest BCUT2D eigenvalue weighted by Gasteiger charge is -2.18. The van der Waals surface area contributed by atoms with E-state index in [1.54, 1.807) is 0 Å². The fourth-order valence-corrected chi connectivity index (χ4v) is 3.17. The van der Waals surface area contributed by atoms with Crippen LogP contribution in [0.15, 0.2) is 22.7 Å². The van der Waals surface area contributed by atoms with Gasteiger partial charge in [-0.15, -0.1) is 11.6 Å². The van der Waals surface area contributed by atoms with Crippen molar-refractivity contribution < 1.29 is 0 Å². The maximum atomic E-state index is 6.31. The normalized spacial score (nSPS) is 13.2. The molecule has 0 amide bonds. The Bertz CT molecular complexity index is 590. The quantitative estimate of drug-likeness (QED) is 0.649. The van der Waals surface area contributed by atoms with Crippen LogP contribution in [0, 0.1) is 0 Å². The van der Waals surface area contributed by atoms with Crippen molar-refractivity contribution in [2.75, 3.05) is 19.6 Å². The fourth-order valence-electron chi connectivity index (χ4n) is 2.65. The van der Waals surface area contributed by atoms with Crippen molar-refractivity contribution in [3.05, 3.63) is 28.5 Å². The number of benzene rings is 1. The molecule has 0 fully saturated rings. The van der Waals surface area contributed by atoms with Crippen LogP contribution < -0.4 is 0 Å². The van der Waals surface area contributed by atoms with Gasteiger partial charge < -0.3 is 9.47 Å². The van der Waals surface area contributed by atoms with Gasteiger partial charge in [-0.2, -0.15) is 0 Å². The summed E-state index contributed by atoms with van der Waals surface area (Å²) in [6.45, 7) is 10.7. The SMILES string of the molecule is CCN(CC)CCCn1c(C(C)Cl)nc2cc(Br)ccc21. The summed E-state index contributed by atoms with van der Waals surface area (Å²) < 4.78 is 3.32. The second-order valence-electron chi connectivity index (χ2n) is 5.25. The molecule has 0 saturated carbocycles. The van der Waals surface area contributed by atoms with E-state index >= 15 is 0 Å². The fraction of sp³-hybridized carbons (Fsp3) is 0.562. The molecule has 1 aromatic carbocycles. The Hall–Kier alpha value is -0.580. The highest BCUT2D eigenvalue weighted by molar-refractivity contribution is 9.10. The van der Waals surface area contributed by atoms with E-state index in [0.29, 0.717) is 0 Å². The first-order chi connectivity index (χ1) is 10.1. The number of nitrogens with zero attached hydrogens (tertiary/aromatic N) is 3. The minimum Gasteiger partial charge on any atom is -0.327 e. The van der Waals surface area contributed by atoms with Crippen LogP contribution in [0.3, 0.4) is 0 Å². The summed E-state index contributed by atoms with van der Waals surface area (Å²) in [5.74, 6) is 0.962. The highest BCUT2D eigenvalue weighted by Crippen LogP contribution is 2.26. The summed E-state index contributed by atoms with van der Waals surface area (Å²) in [4.78, 5) is 7.14. The molecule has 0 spiro atoms. The number of hydrogen-bond acceptors (Lipinski definition) is 2. The van der Waals surface area contributed by atoms with Crippen LogP contribution in [-0.2, 0) is 6.54 Å². The van der Waals surface area contributed by atoms with E-state index in [-0.39, 0.29) is 5.38 Å². The first-order valence-electron chi connectivity index (χ1n) is 7.58. The number of alkyl halides is 1. The summed E-state index contributed by atoms with van der Waals surface area (Å²) in [6, 6.07) is 6.24. The van der Waals surface area contributed by atoms with Gasteiger partial charge in [0.15, 0.2) is 0 Å². The summed E-state index contributed by atoms with van der Waals surface area (Å²) in [5.41, 5.74) is 2.18. The molecule has 0 aliphatic heterocycles. The predicted molar refractivity (Wildman–Crippen MR) is 94.1 cm³/mol. The lowest BCUT2D eigenvalue weighted by atomic mass is 10.3. The molecule has 0 aliphatic carbocycles. The number of aromatic nitrogens is 2. The third-order valence-corrected chi connectivity index (χ3v) is 4.53. The number of rotatable bonds is 7. The van der Waals surface area contributed by atoms with E-state index in [1.165, 1.54) is 5.52 Å². The number of halogens is 2. The Morgan fingerprint density at radius 3 is 2.67 bits per heavy atom. The van der Waals surface area contributed by atoms with Crippen LogP contribution in [0.2, 0.25) is 0 Å². The van der Waals surface area contributed by atoms with Crippen molar-refractivity contribution >= 4 is 38.6 Å². The molecular weight excluding hydrogens is 350 g/mol. The van der Waals surface area contributed by atoms with Crippen molar-refractivity contribution in [1.82, 2.24) is 14.5 Å². The van der Waals surface area contributed by atoms with E-state index in [1.807, 2.05) is 6.92 Å². The maximum absolute atomic E-state index is 6.31. The molecule has 1 atom stereocenters. The second kappa shape index (κ2) is 7.61. The Morgan fingerprint density at radius 2 is 2.05 bits per heavy atom. The molecule has 21 heavy (non-hydrogen) atoms. The smallest absolute Gasteiger partial charge is 0.127 e. The lowest BCUT2D eigenvalue weighted by molar-refractivity contribution is 0.293. The standard InChI is InChI=1S/C16H23BrClN3/c1-4-20(5-2)9-6-10-21-15-8-7-13(17)11-14(15)19-16(21)12(3)18/h7-8,11-12H,4-6,9-10H2,1-3H3. The van der Waals surface area contributed by atoms with Crippen LogP contribution in [-0.4, -0.2) is 34.1 Å². The predicted octanol–water partition coefficient (Wildman–Crippen LogP) is 4.83. The highest BCUT2D eigenvalue weighted by atomic mass is 79.9. The van der Waals surface area contributed by atoms with E-state index in [9.17, 15) is 0 Å². The number of hydrogen-bond donors (Lipinski definition) is 0. The zero-order valence-corrected chi connectivity index (χ0v) is 15.3. The monoisotopic (exact) mass is 371 g/mol.